The molecule has 0 atom stereocenters. The molecule has 0 aliphatic carbocycles. The maximum atomic E-state index is 11.0. The predicted octanol–water partition coefficient (Wildman–Crippen LogP) is 1.86. The van der Waals surface area contributed by atoms with Crippen LogP contribution in [0.25, 0.3) is 0 Å². The topological polar surface area (TPSA) is 95.7 Å². The van der Waals surface area contributed by atoms with Gasteiger partial charge in [0.1, 0.15) is 5.75 Å². The largest absolute Gasteiger partial charge is 0.457 e. The molecule has 1 aromatic carbocycles. The van der Waals surface area contributed by atoms with E-state index in [1.54, 1.807) is 6.92 Å². The summed E-state index contributed by atoms with van der Waals surface area (Å²) in [6.45, 7) is 1.27. The molecule has 0 amide bonds. The Labute approximate surface area is 108 Å². The van der Waals surface area contributed by atoms with E-state index < -0.39 is 10.9 Å². The van der Waals surface area contributed by atoms with Gasteiger partial charge in [-0.25, -0.2) is 4.79 Å². The van der Waals surface area contributed by atoms with Crippen LogP contribution in [0.4, 0.5) is 5.69 Å². The van der Waals surface area contributed by atoms with Crippen molar-refractivity contribution in [3.05, 3.63) is 46.0 Å². The quantitative estimate of drug-likeness (QED) is 0.194. The molecule has 0 heterocycles. The third-order valence-corrected chi connectivity index (χ3v) is 2.05. The molecule has 1 rings (SSSR count). The fourth-order valence-corrected chi connectivity index (χ4v) is 1.21. The van der Waals surface area contributed by atoms with Gasteiger partial charge < -0.3 is 9.47 Å². The van der Waals surface area contributed by atoms with Gasteiger partial charge in [-0.1, -0.05) is 6.08 Å². The van der Waals surface area contributed by atoms with E-state index in [1.165, 1.54) is 24.3 Å². The van der Waals surface area contributed by atoms with Crippen LogP contribution in [0.3, 0.4) is 0 Å². The van der Waals surface area contributed by atoms with Gasteiger partial charge in [-0.2, -0.15) is 0 Å². The van der Waals surface area contributed by atoms with Crippen LogP contribution < -0.4 is 4.74 Å². The van der Waals surface area contributed by atoms with Gasteiger partial charge in [0.2, 0.25) is 6.79 Å². The van der Waals surface area contributed by atoms with Gasteiger partial charge in [0.25, 0.3) is 5.69 Å². The summed E-state index contributed by atoms with van der Waals surface area (Å²) in [6, 6.07) is 3.54. The van der Waals surface area contributed by atoms with Crippen molar-refractivity contribution in [2.24, 2.45) is 0 Å². The Kier molecular flexibility index (Phi) is 5.21. The van der Waals surface area contributed by atoms with Crippen molar-refractivity contribution in [3.8, 4) is 5.75 Å². The number of nitro groups is 1. The summed E-state index contributed by atoms with van der Waals surface area (Å²) in [5.41, 5.74) is -0.211. The SMILES string of the molecule is CC=CC(=O)OCOc1ccc([N+](=O)[O-])cc1C=O. The first-order valence-corrected chi connectivity index (χ1v) is 5.24. The molecule has 0 aliphatic rings. The molecule has 0 fully saturated rings. The van der Waals surface area contributed by atoms with Crippen LogP contribution in [-0.2, 0) is 9.53 Å². The van der Waals surface area contributed by atoms with Gasteiger partial charge in [-0.15, -0.1) is 0 Å². The summed E-state index contributed by atoms with van der Waals surface area (Å²) >= 11 is 0. The van der Waals surface area contributed by atoms with E-state index in [1.807, 2.05) is 0 Å². The first-order chi connectivity index (χ1) is 9.08. The zero-order chi connectivity index (χ0) is 14.3. The van der Waals surface area contributed by atoms with Crippen molar-refractivity contribution in [1.29, 1.82) is 0 Å². The smallest absolute Gasteiger partial charge is 0.333 e. The van der Waals surface area contributed by atoms with Crippen molar-refractivity contribution in [1.82, 2.24) is 0 Å². The molecule has 0 unspecified atom stereocenters. The van der Waals surface area contributed by atoms with Crippen LogP contribution in [0.15, 0.2) is 30.4 Å². The molecule has 0 saturated heterocycles. The number of aldehydes is 1. The molecule has 0 bridgehead atoms. The van der Waals surface area contributed by atoms with Crippen molar-refractivity contribution in [2.45, 2.75) is 6.92 Å². The maximum Gasteiger partial charge on any atom is 0.333 e. The number of nitrogens with zero attached hydrogens (tertiary/aromatic N) is 1. The Hall–Kier alpha value is -2.70. The van der Waals surface area contributed by atoms with E-state index >= 15 is 0 Å². The van der Waals surface area contributed by atoms with E-state index in [-0.39, 0.29) is 23.8 Å². The van der Waals surface area contributed by atoms with Gasteiger partial charge in [0.15, 0.2) is 6.29 Å². The number of allylic oxidation sites excluding steroid dienone is 1. The minimum Gasteiger partial charge on any atom is -0.457 e. The number of ether oxygens (including phenoxy) is 2. The third-order valence-electron chi connectivity index (χ3n) is 2.05. The number of rotatable bonds is 6. The molecule has 0 aromatic heterocycles. The fraction of sp³-hybridized carbons (Fsp3) is 0.167. The van der Waals surface area contributed by atoms with E-state index in [0.717, 1.165) is 6.07 Å². The van der Waals surface area contributed by atoms with Crippen LogP contribution in [0.5, 0.6) is 5.75 Å². The summed E-state index contributed by atoms with van der Waals surface area (Å²) in [5.74, 6) is -0.481. The van der Waals surface area contributed by atoms with E-state index in [9.17, 15) is 19.7 Å². The molecule has 7 nitrogen and oxygen atoms in total. The molecular weight excluding hydrogens is 254 g/mol. The molecule has 7 heteroatoms. The minimum atomic E-state index is -0.622. The lowest BCUT2D eigenvalue weighted by Gasteiger charge is -2.07. The summed E-state index contributed by atoms with van der Waals surface area (Å²) in [4.78, 5) is 31.7. The predicted molar refractivity (Wildman–Crippen MR) is 64.9 cm³/mol. The second-order valence-electron chi connectivity index (χ2n) is 3.32. The number of hydrogen-bond donors (Lipinski definition) is 0. The first kappa shape index (κ1) is 14.4. The second kappa shape index (κ2) is 6.90. The number of hydrogen-bond acceptors (Lipinski definition) is 6. The van der Waals surface area contributed by atoms with Crippen LogP contribution in [0.2, 0.25) is 0 Å². The maximum absolute atomic E-state index is 11.0. The van der Waals surface area contributed by atoms with Crippen molar-refractivity contribution >= 4 is 17.9 Å². The highest BCUT2D eigenvalue weighted by Crippen LogP contribution is 2.22. The van der Waals surface area contributed by atoms with Gasteiger partial charge in [0, 0.05) is 18.2 Å². The van der Waals surface area contributed by atoms with Crippen LogP contribution in [0.1, 0.15) is 17.3 Å². The third kappa shape index (κ3) is 4.23. The Balaban J connectivity index is 2.71. The molecule has 0 aliphatic heterocycles. The summed E-state index contributed by atoms with van der Waals surface area (Å²) in [6.07, 6.45) is 3.14. The summed E-state index contributed by atoms with van der Waals surface area (Å²) in [7, 11) is 0. The highest BCUT2D eigenvalue weighted by Gasteiger charge is 2.11. The van der Waals surface area contributed by atoms with Crippen molar-refractivity contribution < 1.29 is 24.0 Å². The Bertz CT molecular complexity index is 523. The minimum absolute atomic E-state index is 0.0104. The molecule has 1 aromatic rings. The zero-order valence-electron chi connectivity index (χ0n) is 10.1. The lowest BCUT2D eigenvalue weighted by molar-refractivity contribution is -0.384. The number of esters is 1. The van der Waals surface area contributed by atoms with Gasteiger partial charge in [-0.05, 0) is 13.0 Å². The second-order valence-corrected chi connectivity index (χ2v) is 3.32. The van der Waals surface area contributed by atoms with E-state index in [0.29, 0.717) is 6.29 Å². The highest BCUT2D eigenvalue weighted by atomic mass is 16.7. The van der Waals surface area contributed by atoms with E-state index in [4.69, 9.17) is 4.74 Å². The highest BCUT2D eigenvalue weighted by molar-refractivity contribution is 5.82. The zero-order valence-corrected chi connectivity index (χ0v) is 10.1. The average molecular weight is 265 g/mol. The molecule has 0 radical (unpaired) electrons. The standard InChI is InChI=1S/C12H11NO6/c1-2-3-12(15)19-8-18-11-5-4-10(13(16)17)6-9(11)7-14/h2-7H,8H2,1H3. The Morgan fingerprint density at radius 1 is 1.47 bits per heavy atom. The number of benzene rings is 1. The normalized spacial score (nSPS) is 10.2. The molecule has 0 spiro atoms. The van der Waals surface area contributed by atoms with Gasteiger partial charge in [-0.3, -0.25) is 14.9 Å². The number of non-ortho nitro benzene ring substituents is 1. The van der Waals surface area contributed by atoms with E-state index in [2.05, 4.69) is 4.74 Å². The van der Waals surface area contributed by atoms with Gasteiger partial charge >= 0.3 is 5.97 Å². The number of carbonyl (C=O) groups excluding carboxylic acids is 2. The number of carbonyl (C=O) groups is 2. The Morgan fingerprint density at radius 2 is 2.21 bits per heavy atom. The van der Waals surface area contributed by atoms with Gasteiger partial charge in [0.05, 0.1) is 10.5 Å². The molecule has 0 saturated carbocycles. The molecule has 19 heavy (non-hydrogen) atoms. The lowest BCUT2D eigenvalue weighted by Crippen LogP contribution is -2.09. The molecule has 0 N–H and O–H groups in total. The average Bonchev–Trinajstić information content (AvgIpc) is 2.39. The summed E-state index contributed by atoms with van der Waals surface area (Å²) < 4.78 is 9.71. The monoisotopic (exact) mass is 265 g/mol. The fourth-order valence-electron chi connectivity index (χ4n) is 1.21. The summed E-state index contributed by atoms with van der Waals surface area (Å²) in [5, 5.41) is 10.5. The van der Waals surface area contributed by atoms with Crippen LogP contribution in [-0.4, -0.2) is 24.0 Å². The number of nitro benzene ring substituents is 1. The molecular formula is C12H11NO6. The molecule has 100 valence electrons. The van der Waals surface area contributed by atoms with Crippen LogP contribution >= 0.6 is 0 Å². The van der Waals surface area contributed by atoms with Crippen molar-refractivity contribution in [3.63, 3.8) is 0 Å². The van der Waals surface area contributed by atoms with Crippen molar-refractivity contribution in [2.75, 3.05) is 6.79 Å². The first-order valence-electron chi connectivity index (χ1n) is 5.24. The lowest BCUT2D eigenvalue weighted by atomic mass is 10.2. The van der Waals surface area contributed by atoms with Crippen LogP contribution in [0, 0.1) is 10.1 Å². The Morgan fingerprint density at radius 3 is 2.79 bits per heavy atom.